The number of hydrogen-bond acceptors (Lipinski definition) is 5. The van der Waals surface area contributed by atoms with E-state index in [1.54, 1.807) is 45.9 Å². The lowest BCUT2D eigenvalue weighted by atomic mass is 9.93. The number of phenols is 1. The molecule has 0 radical (unpaired) electrons. The number of rotatable bonds is 10. The third-order valence-electron chi connectivity index (χ3n) is 7.63. The van der Waals surface area contributed by atoms with Crippen molar-refractivity contribution in [2.75, 3.05) is 0 Å². The van der Waals surface area contributed by atoms with Crippen molar-refractivity contribution in [1.82, 2.24) is 15.5 Å². The molecule has 3 amide bonds. The summed E-state index contributed by atoms with van der Waals surface area (Å²) in [5.74, 6) is -0.766. The van der Waals surface area contributed by atoms with Gasteiger partial charge in [0.15, 0.2) is 0 Å². The van der Waals surface area contributed by atoms with Gasteiger partial charge in [-0.25, -0.2) is 4.79 Å². The number of carbonyl (C=O) groups is 3. The summed E-state index contributed by atoms with van der Waals surface area (Å²) in [6, 6.07) is 12.2. The van der Waals surface area contributed by atoms with Crippen LogP contribution in [0.25, 0.3) is 0 Å². The lowest BCUT2D eigenvalue weighted by molar-refractivity contribution is -0.145. The van der Waals surface area contributed by atoms with Crippen molar-refractivity contribution in [3.63, 3.8) is 0 Å². The third-order valence-corrected chi connectivity index (χ3v) is 7.63. The van der Waals surface area contributed by atoms with Gasteiger partial charge in [-0.1, -0.05) is 74.7 Å². The van der Waals surface area contributed by atoms with E-state index in [0.717, 1.165) is 37.7 Å². The summed E-state index contributed by atoms with van der Waals surface area (Å²) in [4.78, 5) is 43.1. The Kier molecular flexibility index (Phi) is 11.2. The van der Waals surface area contributed by atoms with Gasteiger partial charge < -0.3 is 25.4 Å². The summed E-state index contributed by atoms with van der Waals surface area (Å²) in [6.07, 6.45) is 5.05. The monoisotopic (exact) mass is 565 g/mol. The molecule has 0 heterocycles. The Morgan fingerprint density at radius 3 is 2.29 bits per heavy atom. The average Bonchev–Trinajstić information content (AvgIpc) is 2.92. The van der Waals surface area contributed by atoms with E-state index in [1.165, 1.54) is 4.90 Å². The van der Waals surface area contributed by atoms with Crippen LogP contribution in [0, 0.1) is 6.92 Å². The zero-order valence-electron chi connectivity index (χ0n) is 25.4. The molecule has 1 aliphatic rings. The number of para-hydroxylation sites is 1. The first-order valence-corrected chi connectivity index (χ1v) is 14.9. The molecule has 0 aromatic heterocycles. The molecule has 2 aromatic rings. The van der Waals surface area contributed by atoms with Gasteiger partial charge in [0.2, 0.25) is 11.8 Å². The maximum atomic E-state index is 14.6. The number of amides is 3. The molecule has 41 heavy (non-hydrogen) atoms. The Morgan fingerprint density at radius 1 is 1.02 bits per heavy atom. The predicted octanol–water partition coefficient (Wildman–Crippen LogP) is 5.95. The Hall–Kier alpha value is -3.55. The number of benzene rings is 2. The maximum Gasteiger partial charge on any atom is 0.408 e. The van der Waals surface area contributed by atoms with Crippen molar-refractivity contribution in [2.24, 2.45) is 0 Å². The molecule has 224 valence electrons. The largest absolute Gasteiger partial charge is 0.507 e. The number of carbonyl (C=O) groups excluding carboxylic acids is 3. The number of aryl methyl sites for hydroxylation is 1. The molecule has 1 aliphatic carbocycles. The molecule has 8 heteroatoms. The topological polar surface area (TPSA) is 108 Å². The highest BCUT2D eigenvalue weighted by Crippen LogP contribution is 2.34. The van der Waals surface area contributed by atoms with E-state index in [2.05, 4.69) is 10.6 Å². The van der Waals surface area contributed by atoms with Crippen LogP contribution in [0.3, 0.4) is 0 Å². The van der Waals surface area contributed by atoms with E-state index in [0.29, 0.717) is 17.5 Å². The van der Waals surface area contributed by atoms with Crippen molar-refractivity contribution in [2.45, 2.75) is 116 Å². The van der Waals surface area contributed by atoms with Gasteiger partial charge in [0, 0.05) is 24.1 Å². The van der Waals surface area contributed by atoms with Gasteiger partial charge in [0.1, 0.15) is 23.4 Å². The lowest BCUT2D eigenvalue weighted by Gasteiger charge is -2.39. The Labute approximate surface area is 244 Å². The number of hydrogen-bond donors (Lipinski definition) is 3. The molecule has 0 spiro atoms. The number of ether oxygens (including phenoxy) is 1. The fourth-order valence-corrected chi connectivity index (χ4v) is 5.32. The first-order valence-electron chi connectivity index (χ1n) is 14.9. The fourth-order valence-electron chi connectivity index (χ4n) is 5.32. The van der Waals surface area contributed by atoms with Gasteiger partial charge in [0.05, 0.1) is 0 Å². The quantitative estimate of drug-likeness (QED) is 0.330. The molecule has 3 rings (SSSR count). The van der Waals surface area contributed by atoms with Crippen molar-refractivity contribution in [1.29, 1.82) is 0 Å². The molecule has 2 aromatic carbocycles. The Balaban J connectivity index is 2.07. The van der Waals surface area contributed by atoms with Crippen LogP contribution in [0.2, 0.25) is 0 Å². The van der Waals surface area contributed by atoms with Gasteiger partial charge in [-0.05, 0) is 65.0 Å². The molecular formula is C33H47N3O5. The molecular weight excluding hydrogens is 518 g/mol. The van der Waals surface area contributed by atoms with E-state index in [1.807, 2.05) is 44.2 Å². The highest BCUT2D eigenvalue weighted by atomic mass is 16.6. The van der Waals surface area contributed by atoms with Crippen molar-refractivity contribution in [3.05, 3.63) is 65.2 Å². The van der Waals surface area contributed by atoms with Crippen LogP contribution in [0.4, 0.5) is 4.79 Å². The standard InChI is InChI=1S/C33H47N3O5/c1-7-23(3)36(31(39)27(21-24-16-10-8-11-17-24)35-32(40)41-33(4,5)6)28(26-20-14-15-22(2)29(26)37)30(38)34-25-18-12-9-13-19-25/h8,10-11,14-17,20,23,25,27-28,37H,7,9,12-13,18-19,21H2,1-6H3,(H,34,38)(H,35,40). The summed E-state index contributed by atoms with van der Waals surface area (Å²) in [7, 11) is 0. The number of alkyl carbamates (subject to hydrolysis) is 1. The zero-order chi connectivity index (χ0) is 30.2. The summed E-state index contributed by atoms with van der Waals surface area (Å²) in [5, 5.41) is 17.1. The minimum absolute atomic E-state index is 0.0135. The van der Waals surface area contributed by atoms with E-state index < -0.39 is 29.7 Å². The second-order valence-electron chi connectivity index (χ2n) is 12.2. The second-order valence-corrected chi connectivity index (χ2v) is 12.2. The molecule has 8 nitrogen and oxygen atoms in total. The normalized spacial score (nSPS) is 16.2. The van der Waals surface area contributed by atoms with Crippen LogP contribution < -0.4 is 10.6 Å². The molecule has 1 saturated carbocycles. The van der Waals surface area contributed by atoms with E-state index in [4.69, 9.17) is 4.74 Å². The summed E-state index contributed by atoms with van der Waals surface area (Å²) >= 11 is 0. The Bertz CT molecular complexity index is 1170. The van der Waals surface area contributed by atoms with Crippen LogP contribution in [0.15, 0.2) is 48.5 Å². The molecule has 0 aliphatic heterocycles. The number of nitrogens with one attached hydrogen (secondary N) is 2. The SMILES string of the molecule is CCC(C)N(C(=O)C(Cc1ccccc1)NC(=O)OC(C)(C)C)C(C(=O)NC1CCCCC1)c1cccc(C)c1O. The minimum atomic E-state index is -1.09. The molecule has 3 atom stereocenters. The number of phenolic OH excluding ortho intramolecular Hbond substituents is 1. The van der Waals surface area contributed by atoms with Gasteiger partial charge >= 0.3 is 6.09 Å². The van der Waals surface area contributed by atoms with Crippen molar-refractivity contribution >= 4 is 17.9 Å². The van der Waals surface area contributed by atoms with E-state index in [9.17, 15) is 19.5 Å². The van der Waals surface area contributed by atoms with Crippen LogP contribution >= 0.6 is 0 Å². The van der Waals surface area contributed by atoms with Crippen LogP contribution in [-0.2, 0) is 20.7 Å². The molecule has 1 fully saturated rings. The third kappa shape index (κ3) is 8.97. The number of aromatic hydroxyl groups is 1. The van der Waals surface area contributed by atoms with Crippen LogP contribution in [0.1, 0.15) is 95.9 Å². The number of nitrogens with zero attached hydrogens (tertiary/aromatic N) is 1. The first-order chi connectivity index (χ1) is 19.4. The smallest absolute Gasteiger partial charge is 0.408 e. The minimum Gasteiger partial charge on any atom is -0.507 e. The highest BCUT2D eigenvalue weighted by Gasteiger charge is 2.40. The maximum absolute atomic E-state index is 14.6. The summed E-state index contributed by atoms with van der Waals surface area (Å²) in [5.41, 5.74) is 1.08. The Morgan fingerprint density at radius 2 is 1.68 bits per heavy atom. The fraction of sp³-hybridized carbons (Fsp3) is 0.545. The summed E-state index contributed by atoms with van der Waals surface area (Å²) in [6.45, 7) is 10.9. The molecule has 0 saturated heterocycles. The van der Waals surface area contributed by atoms with Crippen LogP contribution in [-0.4, -0.2) is 51.6 Å². The van der Waals surface area contributed by atoms with Crippen LogP contribution in [0.5, 0.6) is 5.75 Å². The average molecular weight is 566 g/mol. The molecule has 0 bridgehead atoms. The van der Waals surface area contributed by atoms with Crippen molar-refractivity contribution < 1.29 is 24.2 Å². The highest BCUT2D eigenvalue weighted by molar-refractivity contribution is 5.93. The van der Waals surface area contributed by atoms with Gasteiger partial charge in [-0.15, -0.1) is 0 Å². The van der Waals surface area contributed by atoms with Gasteiger partial charge in [-0.3, -0.25) is 9.59 Å². The zero-order valence-corrected chi connectivity index (χ0v) is 25.4. The first kappa shape index (κ1) is 32.0. The van der Waals surface area contributed by atoms with Gasteiger partial charge in [-0.2, -0.15) is 0 Å². The lowest BCUT2D eigenvalue weighted by Crippen LogP contribution is -2.56. The van der Waals surface area contributed by atoms with E-state index in [-0.39, 0.29) is 30.2 Å². The van der Waals surface area contributed by atoms with Crippen molar-refractivity contribution in [3.8, 4) is 5.75 Å². The summed E-state index contributed by atoms with van der Waals surface area (Å²) < 4.78 is 5.51. The molecule has 3 unspecified atom stereocenters. The predicted molar refractivity (Wildman–Crippen MR) is 161 cm³/mol. The molecule has 3 N–H and O–H groups in total. The van der Waals surface area contributed by atoms with E-state index >= 15 is 0 Å². The van der Waals surface area contributed by atoms with Gasteiger partial charge in [0.25, 0.3) is 0 Å². The second kappa shape index (κ2) is 14.4.